The predicted molar refractivity (Wildman–Crippen MR) is 85.6 cm³/mol. The van der Waals surface area contributed by atoms with Crippen LogP contribution in [0.1, 0.15) is 24.1 Å². The minimum absolute atomic E-state index is 0.480. The summed E-state index contributed by atoms with van der Waals surface area (Å²) in [5, 5.41) is 4.38. The standard InChI is InChI=1S/C15H21NOS2/c1-2-16-15(14-10-18-7-8-19-14)12-3-4-13-11(9-12)5-6-17-13/h3-4,9,14-16H,2,5-8,10H2,1H3. The van der Waals surface area contributed by atoms with E-state index in [0.717, 1.165) is 25.3 Å². The molecule has 19 heavy (non-hydrogen) atoms. The Kier molecular flexibility index (Phi) is 4.61. The van der Waals surface area contributed by atoms with Gasteiger partial charge in [-0.25, -0.2) is 0 Å². The summed E-state index contributed by atoms with van der Waals surface area (Å²) in [5.41, 5.74) is 2.82. The van der Waals surface area contributed by atoms with E-state index in [1.807, 2.05) is 0 Å². The van der Waals surface area contributed by atoms with Crippen LogP contribution in [0, 0.1) is 0 Å². The molecule has 2 atom stereocenters. The van der Waals surface area contributed by atoms with Crippen molar-refractivity contribution in [3.8, 4) is 5.75 Å². The van der Waals surface area contributed by atoms with Crippen LogP contribution in [0.3, 0.4) is 0 Å². The minimum atomic E-state index is 0.480. The van der Waals surface area contributed by atoms with Gasteiger partial charge in [-0.2, -0.15) is 23.5 Å². The SMILES string of the molecule is CCNC(c1ccc2c(c1)CCO2)C1CSCCS1. The van der Waals surface area contributed by atoms with Crippen LogP contribution in [-0.2, 0) is 6.42 Å². The molecule has 1 saturated heterocycles. The molecule has 3 rings (SSSR count). The van der Waals surface area contributed by atoms with Gasteiger partial charge in [0.15, 0.2) is 0 Å². The summed E-state index contributed by atoms with van der Waals surface area (Å²) in [7, 11) is 0. The summed E-state index contributed by atoms with van der Waals surface area (Å²) in [6.45, 7) is 4.07. The highest BCUT2D eigenvalue weighted by atomic mass is 32.2. The molecule has 4 heteroatoms. The van der Waals surface area contributed by atoms with Gasteiger partial charge in [0.1, 0.15) is 5.75 Å². The Morgan fingerprint density at radius 2 is 2.37 bits per heavy atom. The van der Waals surface area contributed by atoms with Gasteiger partial charge in [-0.1, -0.05) is 19.1 Å². The van der Waals surface area contributed by atoms with Gasteiger partial charge in [-0.15, -0.1) is 0 Å². The van der Waals surface area contributed by atoms with Crippen molar-refractivity contribution in [2.45, 2.75) is 24.6 Å². The lowest BCUT2D eigenvalue weighted by Gasteiger charge is -2.30. The molecule has 2 aliphatic rings. The van der Waals surface area contributed by atoms with Gasteiger partial charge in [0.2, 0.25) is 0 Å². The third-order valence-corrected chi connectivity index (χ3v) is 6.57. The number of benzene rings is 1. The molecule has 2 unspecified atom stereocenters. The summed E-state index contributed by atoms with van der Waals surface area (Å²) in [5.74, 6) is 4.93. The molecular formula is C15H21NOS2. The molecule has 1 aromatic carbocycles. The second-order valence-electron chi connectivity index (χ2n) is 4.99. The van der Waals surface area contributed by atoms with Gasteiger partial charge < -0.3 is 10.1 Å². The van der Waals surface area contributed by atoms with Gasteiger partial charge in [-0.3, -0.25) is 0 Å². The zero-order valence-electron chi connectivity index (χ0n) is 11.4. The predicted octanol–water partition coefficient (Wildman–Crippen LogP) is 3.12. The summed E-state index contributed by atoms with van der Waals surface area (Å²) >= 11 is 4.22. The van der Waals surface area contributed by atoms with Crippen molar-refractivity contribution < 1.29 is 4.74 Å². The first-order chi connectivity index (χ1) is 9.38. The van der Waals surface area contributed by atoms with E-state index in [1.54, 1.807) is 0 Å². The quantitative estimate of drug-likeness (QED) is 0.921. The first-order valence-electron chi connectivity index (χ1n) is 7.07. The zero-order chi connectivity index (χ0) is 13.1. The molecule has 1 fully saturated rings. The van der Waals surface area contributed by atoms with Crippen LogP contribution in [0.4, 0.5) is 0 Å². The van der Waals surface area contributed by atoms with Gasteiger partial charge in [0.05, 0.1) is 6.61 Å². The lowest BCUT2D eigenvalue weighted by atomic mass is 10.0. The van der Waals surface area contributed by atoms with E-state index in [9.17, 15) is 0 Å². The van der Waals surface area contributed by atoms with E-state index in [4.69, 9.17) is 4.74 Å². The molecule has 2 nitrogen and oxygen atoms in total. The van der Waals surface area contributed by atoms with Gasteiger partial charge in [0, 0.05) is 35.0 Å². The lowest BCUT2D eigenvalue weighted by molar-refractivity contribution is 0.356. The lowest BCUT2D eigenvalue weighted by Crippen LogP contribution is -2.33. The monoisotopic (exact) mass is 295 g/mol. The van der Waals surface area contributed by atoms with E-state index in [2.05, 4.69) is 54.0 Å². The molecule has 1 N–H and O–H groups in total. The number of fused-ring (bicyclic) bond motifs is 1. The Morgan fingerprint density at radius 1 is 1.42 bits per heavy atom. The van der Waals surface area contributed by atoms with Crippen molar-refractivity contribution in [2.24, 2.45) is 0 Å². The van der Waals surface area contributed by atoms with Crippen molar-refractivity contribution in [1.29, 1.82) is 0 Å². The van der Waals surface area contributed by atoms with E-state index >= 15 is 0 Å². The highest BCUT2D eigenvalue weighted by Crippen LogP contribution is 2.36. The first-order valence-corrected chi connectivity index (χ1v) is 9.27. The number of nitrogens with one attached hydrogen (secondary N) is 1. The second-order valence-corrected chi connectivity index (χ2v) is 7.48. The number of rotatable bonds is 4. The van der Waals surface area contributed by atoms with Gasteiger partial charge >= 0.3 is 0 Å². The van der Waals surface area contributed by atoms with Crippen molar-refractivity contribution in [3.63, 3.8) is 0 Å². The average Bonchev–Trinajstić information content (AvgIpc) is 2.93. The van der Waals surface area contributed by atoms with Crippen molar-refractivity contribution >= 4 is 23.5 Å². The Labute approximate surface area is 124 Å². The Morgan fingerprint density at radius 3 is 3.16 bits per heavy atom. The number of thioether (sulfide) groups is 2. The van der Waals surface area contributed by atoms with Crippen LogP contribution in [-0.4, -0.2) is 35.7 Å². The maximum atomic E-state index is 5.61. The average molecular weight is 295 g/mol. The molecule has 0 bridgehead atoms. The van der Waals surface area contributed by atoms with Crippen LogP contribution in [0.5, 0.6) is 5.75 Å². The molecule has 2 aliphatic heterocycles. The zero-order valence-corrected chi connectivity index (χ0v) is 13.0. The van der Waals surface area contributed by atoms with Crippen LogP contribution in [0.2, 0.25) is 0 Å². The molecule has 0 aliphatic carbocycles. The van der Waals surface area contributed by atoms with E-state index < -0.39 is 0 Å². The smallest absolute Gasteiger partial charge is 0.122 e. The summed E-state index contributed by atoms with van der Waals surface area (Å²) in [6, 6.07) is 7.24. The normalized spacial score (nSPS) is 23.7. The fourth-order valence-electron chi connectivity index (χ4n) is 2.78. The Bertz CT molecular complexity index is 432. The molecule has 1 aromatic rings. The number of hydrogen-bond donors (Lipinski definition) is 1. The Balaban J connectivity index is 1.82. The molecule has 0 amide bonds. The molecule has 0 radical (unpaired) electrons. The second kappa shape index (κ2) is 6.42. The Hall–Kier alpha value is -0.320. The molecule has 0 saturated carbocycles. The molecule has 2 heterocycles. The van der Waals surface area contributed by atoms with E-state index in [0.29, 0.717) is 11.3 Å². The summed E-state index contributed by atoms with van der Waals surface area (Å²) in [6.07, 6.45) is 1.06. The maximum Gasteiger partial charge on any atom is 0.122 e. The van der Waals surface area contributed by atoms with Crippen LogP contribution in [0.15, 0.2) is 18.2 Å². The summed E-state index contributed by atoms with van der Waals surface area (Å²) in [4.78, 5) is 0. The molecule has 0 spiro atoms. The fourth-order valence-corrected chi connectivity index (χ4v) is 5.65. The fraction of sp³-hybridized carbons (Fsp3) is 0.600. The van der Waals surface area contributed by atoms with Crippen molar-refractivity contribution in [3.05, 3.63) is 29.3 Å². The third kappa shape index (κ3) is 3.06. The van der Waals surface area contributed by atoms with E-state index in [1.165, 1.54) is 28.4 Å². The van der Waals surface area contributed by atoms with Crippen LogP contribution in [0.25, 0.3) is 0 Å². The highest BCUT2D eigenvalue weighted by molar-refractivity contribution is 8.06. The van der Waals surface area contributed by atoms with Gasteiger partial charge in [-0.05, 0) is 23.7 Å². The molecular weight excluding hydrogens is 274 g/mol. The molecule has 0 aromatic heterocycles. The highest BCUT2D eigenvalue weighted by Gasteiger charge is 2.26. The topological polar surface area (TPSA) is 21.3 Å². The van der Waals surface area contributed by atoms with Crippen molar-refractivity contribution in [1.82, 2.24) is 5.32 Å². The van der Waals surface area contributed by atoms with Crippen LogP contribution >= 0.6 is 23.5 Å². The minimum Gasteiger partial charge on any atom is -0.493 e. The third-order valence-electron chi connectivity index (χ3n) is 3.71. The number of ether oxygens (including phenoxy) is 1. The maximum absolute atomic E-state index is 5.61. The largest absolute Gasteiger partial charge is 0.493 e. The number of hydrogen-bond acceptors (Lipinski definition) is 4. The van der Waals surface area contributed by atoms with Gasteiger partial charge in [0.25, 0.3) is 0 Å². The van der Waals surface area contributed by atoms with Crippen molar-refractivity contribution in [2.75, 3.05) is 30.4 Å². The molecule has 104 valence electrons. The van der Waals surface area contributed by atoms with Crippen LogP contribution < -0.4 is 10.1 Å². The summed E-state index contributed by atoms with van der Waals surface area (Å²) < 4.78 is 5.61. The first kappa shape index (κ1) is 13.7. The van der Waals surface area contributed by atoms with E-state index in [-0.39, 0.29) is 0 Å².